The maximum Gasteiger partial charge on any atom is 0.326 e. The van der Waals surface area contributed by atoms with Crippen LogP contribution in [-0.2, 0) is 17.6 Å². The Labute approximate surface area is 285 Å². The van der Waals surface area contributed by atoms with Gasteiger partial charge in [-0.3, -0.25) is 0 Å². The lowest BCUT2D eigenvalue weighted by Crippen LogP contribution is -2.30. The lowest BCUT2D eigenvalue weighted by molar-refractivity contribution is -0.138. The number of carbonyl (C=O) groups is 1. The third kappa shape index (κ3) is 9.61. The monoisotopic (exact) mass is 654 g/mol. The number of aromatic hydroxyl groups is 2. The Balaban J connectivity index is 0.000000199. The van der Waals surface area contributed by atoms with Crippen LogP contribution in [0.2, 0.25) is 0 Å². The van der Waals surface area contributed by atoms with E-state index in [1.54, 1.807) is 48.8 Å². The summed E-state index contributed by atoms with van der Waals surface area (Å²) in [6, 6.07) is 32.8. The fraction of sp³-hybridized carbons (Fsp3) is 0.154. The van der Waals surface area contributed by atoms with Gasteiger partial charge in [-0.1, -0.05) is 74.0 Å². The Morgan fingerprint density at radius 3 is 1.65 bits per heavy atom. The number of nitrogens with two attached hydrogens (primary N) is 1. The van der Waals surface area contributed by atoms with Gasteiger partial charge in [0.2, 0.25) is 0 Å². The van der Waals surface area contributed by atoms with Crippen LogP contribution in [0.4, 0.5) is 11.6 Å². The van der Waals surface area contributed by atoms with Crippen molar-refractivity contribution in [3.63, 3.8) is 0 Å². The first-order valence-corrected chi connectivity index (χ1v) is 15.9. The zero-order valence-corrected chi connectivity index (χ0v) is 27.1. The number of rotatable bonds is 11. The first-order valence-electron chi connectivity index (χ1n) is 15.9. The quantitative estimate of drug-likeness (QED) is 0.0970. The maximum atomic E-state index is 11.5. The number of hydrogen-bond donors (Lipinski definition) is 5. The molecule has 0 aliphatic carbocycles. The van der Waals surface area contributed by atoms with Gasteiger partial charge in [0, 0.05) is 24.0 Å². The van der Waals surface area contributed by atoms with Gasteiger partial charge in [0.1, 0.15) is 29.2 Å². The van der Waals surface area contributed by atoms with Crippen molar-refractivity contribution in [2.24, 2.45) is 0 Å². The van der Waals surface area contributed by atoms with E-state index in [-0.39, 0.29) is 11.5 Å². The first kappa shape index (κ1) is 34.1. The second kappa shape index (κ2) is 16.5. The fourth-order valence-electron chi connectivity index (χ4n) is 5.07. The molecule has 0 bridgehead atoms. The zero-order chi connectivity index (χ0) is 34.6. The number of hydrogen-bond acceptors (Lipinski definition) is 9. The molecule has 0 aliphatic heterocycles. The predicted octanol–water partition coefficient (Wildman–Crippen LogP) is 7.13. The molecule has 6 N–H and O–H groups in total. The molecule has 10 nitrogen and oxygen atoms in total. The van der Waals surface area contributed by atoms with Crippen molar-refractivity contribution in [3.05, 3.63) is 144 Å². The topological polar surface area (TPSA) is 167 Å². The highest BCUT2D eigenvalue weighted by molar-refractivity contribution is 5.77. The van der Waals surface area contributed by atoms with Crippen LogP contribution in [0.5, 0.6) is 11.5 Å². The molecule has 1 atom stereocenters. The van der Waals surface area contributed by atoms with Gasteiger partial charge in [-0.25, -0.2) is 24.7 Å². The van der Waals surface area contributed by atoms with E-state index < -0.39 is 12.0 Å². The Morgan fingerprint density at radius 1 is 0.694 bits per heavy atom. The molecule has 0 radical (unpaired) electrons. The summed E-state index contributed by atoms with van der Waals surface area (Å²) in [5, 5.41) is 31.4. The van der Waals surface area contributed by atoms with E-state index in [0.717, 1.165) is 40.1 Å². The largest absolute Gasteiger partial charge is 0.508 e. The van der Waals surface area contributed by atoms with E-state index in [0.29, 0.717) is 42.3 Å². The third-order valence-corrected chi connectivity index (χ3v) is 7.66. The lowest BCUT2D eigenvalue weighted by Gasteiger charge is -2.17. The number of anilines is 2. The second-order valence-electron chi connectivity index (χ2n) is 11.4. The number of nitrogens with one attached hydrogen (secondary N) is 1. The van der Waals surface area contributed by atoms with Gasteiger partial charge in [-0.15, -0.1) is 0 Å². The zero-order valence-electron chi connectivity index (χ0n) is 27.1. The van der Waals surface area contributed by atoms with Gasteiger partial charge in [0.25, 0.3) is 0 Å². The molecular formula is C39H38N6O4. The summed E-state index contributed by atoms with van der Waals surface area (Å²) >= 11 is 0. The standard InChI is InChI=1S/C22H23N3O3.C17H15N3O/c1-2-6-18(22(27)28)25-21-19(13-15-7-4-3-5-8-15)24-20(14-23-21)16-9-11-17(26)12-10-16;18-17-15(10-12-4-2-1-3-5-12)20-16(11-19-17)13-6-8-14(21)9-7-13/h3-5,7-12,14,18,26H,2,6,13H2,1H3,(H,23,25)(H,27,28);1-9,11,21H,10H2,(H2,18,19). The number of phenolic OH excluding ortho intramolecular Hbond substituents is 2. The molecule has 0 saturated carbocycles. The summed E-state index contributed by atoms with van der Waals surface area (Å²) in [6.07, 6.45) is 5.69. The molecule has 6 rings (SSSR count). The van der Waals surface area contributed by atoms with Crippen LogP contribution in [0, 0.1) is 0 Å². The van der Waals surface area contributed by atoms with Crippen molar-refractivity contribution in [3.8, 4) is 34.0 Å². The van der Waals surface area contributed by atoms with Crippen molar-refractivity contribution in [2.45, 2.75) is 38.6 Å². The van der Waals surface area contributed by atoms with E-state index in [1.165, 1.54) is 0 Å². The molecule has 6 aromatic rings. The van der Waals surface area contributed by atoms with Crippen molar-refractivity contribution in [1.82, 2.24) is 19.9 Å². The van der Waals surface area contributed by atoms with E-state index in [2.05, 4.69) is 20.3 Å². The summed E-state index contributed by atoms with van der Waals surface area (Å²) in [4.78, 5) is 29.6. The highest BCUT2D eigenvalue weighted by Gasteiger charge is 2.19. The number of phenols is 2. The van der Waals surface area contributed by atoms with Crippen LogP contribution in [0.25, 0.3) is 22.5 Å². The minimum Gasteiger partial charge on any atom is -0.508 e. The molecule has 2 aromatic heterocycles. The van der Waals surface area contributed by atoms with Crippen molar-refractivity contribution in [1.29, 1.82) is 0 Å². The number of benzene rings is 4. The summed E-state index contributed by atoms with van der Waals surface area (Å²) in [5.74, 6) is 0.431. The highest BCUT2D eigenvalue weighted by atomic mass is 16.4. The summed E-state index contributed by atoms with van der Waals surface area (Å²) in [7, 11) is 0. The molecule has 0 aliphatic rings. The summed E-state index contributed by atoms with van der Waals surface area (Å²) < 4.78 is 0. The minimum atomic E-state index is -0.906. The smallest absolute Gasteiger partial charge is 0.326 e. The van der Waals surface area contributed by atoms with E-state index >= 15 is 0 Å². The normalized spacial score (nSPS) is 11.2. The Morgan fingerprint density at radius 2 is 1.16 bits per heavy atom. The molecule has 2 heterocycles. The predicted molar refractivity (Wildman–Crippen MR) is 191 cm³/mol. The fourth-order valence-corrected chi connectivity index (χ4v) is 5.07. The van der Waals surface area contributed by atoms with Gasteiger partial charge in [0.15, 0.2) is 0 Å². The molecule has 0 amide bonds. The number of aliphatic carboxylic acids is 1. The summed E-state index contributed by atoms with van der Waals surface area (Å²) in [6.45, 7) is 1.95. The maximum absolute atomic E-state index is 11.5. The van der Waals surface area contributed by atoms with Crippen molar-refractivity contribution in [2.75, 3.05) is 11.1 Å². The molecular weight excluding hydrogens is 616 g/mol. The van der Waals surface area contributed by atoms with Gasteiger partial charge >= 0.3 is 5.97 Å². The van der Waals surface area contributed by atoms with Gasteiger partial charge < -0.3 is 26.4 Å². The molecule has 4 aromatic carbocycles. The van der Waals surface area contributed by atoms with Gasteiger partial charge in [0.05, 0.1) is 35.2 Å². The van der Waals surface area contributed by atoms with Crippen LogP contribution in [0.1, 0.15) is 42.3 Å². The van der Waals surface area contributed by atoms with Crippen molar-refractivity contribution < 1.29 is 20.1 Å². The van der Waals surface area contributed by atoms with Crippen LogP contribution < -0.4 is 11.1 Å². The van der Waals surface area contributed by atoms with Crippen LogP contribution in [0.3, 0.4) is 0 Å². The highest BCUT2D eigenvalue weighted by Crippen LogP contribution is 2.25. The third-order valence-electron chi connectivity index (χ3n) is 7.66. The van der Waals surface area contributed by atoms with Crippen LogP contribution in [-0.4, -0.2) is 47.3 Å². The van der Waals surface area contributed by atoms with Gasteiger partial charge in [-0.2, -0.15) is 0 Å². The van der Waals surface area contributed by atoms with Gasteiger partial charge in [-0.05, 0) is 66.1 Å². The van der Waals surface area contributed by atoms with E-state index in [4.69, 9.17) is 10.7 Å². The Hall–Kier alpha value is -6.29. The Bertz CT molecular complexity index is 1960. The number of nitrogen functional groups attached to an aromatic ring is 1. The Kier molecular flexibility index (Phi) is 11.5. The van der Waals surface area contributed by atoms with Crippen LogP contribution in [0.15, 0.2) is 122 Å². The molecule has 49 heavy (non-hydrogen) atoms. The lowest BCUT2D eigenvalue weighted by atomic mass is 10.1. The molecule has 0 spiro atoms. The first-order chi connectivity index (χ1) is 23.8. The average Bonchev–Trinajstić information content (AvgIpc) is 3.11. The number of aromatic nitrogens is 4. The average molecular weight is 655 g/mol. The number of nitrogens with zero attached hydrogens (tertiary/aromatic N) is 4. The number of carboxylic acid groups (broad SMARTS) is 1. The molecule has 1 unspecified atom stereocenters. The minimum absolute atomic E-state index is 0.184. The van der Waals surface area contributed by atoms with E-state index in [1.807, 2.05) is 79.7 Å². The van der Waals surface area contributed by atoms with E-state index in [9.17, 15) is 20.1 Å². The SMILES string of the molecule is CCCC(Nc1ncc(-c2ccc(O)cc2)nc1Cc1ccccc1)C(=O)O.Nc1ncc(-c2ccc(O)cc2)nc1Cc1ccccc1. The molecule has 10 heteroatoms. The second-order valence-corrected chi connectivity index (χ2v) is 11.4. The van der Waals surface area contributed by atoms with Crippen LogP contribution >= 0.6 is 0 Å². The van der Waals surface area contributed by atoms with Crippen molar-refractivity contribution >= 4 is 17.6 Å². The molecule has 0 fully saturated rings. The summed E-state index contributed by atoms with van der Waals surface area (Å²) in [5.41, 5.74) is 12.7. The number of carboxylic acids is 1. The molecule has 0 saturated heterocycles. The molecule has 248 valence electrons.